The van der Waals surface area contributed by atoms with Gasteiger partial charge in [0, 0.05) is 0 Å². The van der Waals surface area contributed by atoms with Gasteiger partial charge in [0.1, 0.15) is 5.75 Å². The molecule has 0 saturated carbocycles. The van der Waals surface area contributed by atoms with Crippen molar-refractivity contribution in [1.29, 1.82) is 0 Å². The number of nitrogens with zero attached hydrogens (tertiary/aromatic N) is 1. The molecule has 0 unspecified atom stereocenters. The number of anilines is 1. The number of thiocarbonyl (C=S) groups is 1. The van der Waals surface area contributed by atoms with Crippen molar-refractivity contribution in [3.63, 3.8) is 0 Å². The molecular weight excluding hydrogens is 438 g/mol. The van der Waals surface area contributed by atoms with Crippen molar-refractivity contribution in [1.82, 2.24) is 0 Å². The minimum Gasteiger partial charge on any atom is -0.423 e. The van der Waals surface area contributed by atoms with Gasteiger partial charge in [0.2, 0.25) is 0 Å². The van der Waals surface area contributed by atoms with Crippen LogP contribution in [0.15, 0.2) is 83.8 Å². The normalized spacial score (nSPS) is 15.0. The topological polar surface area (TPSA) is 46.6 Å². The van der Waals surface area contributed by atoms with E-state index < -0.39 is 5.97 Å². The van der Waals surface area contributed by atoms with E-state index >= 15 is 0 Å². The highest BCUT2D eigenvalue weighted by Gasteiger charge is 2.33. The average molecular weight is 452 g/mol. The zero-order valence-corrected chi connectivity index (χ0v) is 17.8. The van der Waals surface area contributed by atoms with Crippen molar-refractivity contribution >= 4 is 63.5 Å². The summed E-state index contributed by atoms with van der Waals surface area (Å²) in [4.78, 5) is 27.2. The Labute approximate surface area is 188 Å². The Morgan fingerprint density at radius 2 is 1.73 bits per heavy atom. The van der Waals surface area contributed by atoms with Gasteiger partial charge in [-0.3, -0.25) is 9.69 Å². The van der Waals surface area contributed by atoms with Crippen LogP contribution in [0.1, 0.15) is 15.9 Å². The van der Waals surface area contributed by atoms with Gasteiger partial charge in [0.05, 0.1) is 21.2 Å². The predicted octanol–water partition coefficient (Wildman–Crippen LogP) is 5.97. The monoisotopic (exact) mass is 451 g/mol. The van der Waals surface area contributed by atoms with Crippen molar-refractivity contribution in [2.45, 2.75) is 0 Å². The number of thioether (sulfide) groups is 1. The van der Waals surface area contributed by atoms with E-state index in [2.05, 4.69) is 0 Å². The molecule has 0 aromatic heterocycles. The molecule has 0 radical (unpaired) electrons. The molecule has 4 nitrogen and oxygen atoms in total. The maximum atomic E-state index is 12.9. The van der Waals surface area contributed by atoms with Crippen LogP contribution in [0.3, 0.4) is 0 Å². The molecule has 1 heterocycles. The van der Waals surface area contributed by atoms with Crippen LogP contribution in [0, 0.1) is 0 Å². The van der Waals surface area contributed by atoms with Gasteiger partial charge in [0.15, 0.2) is 4.32 Å². The SMILES string of the molecule is O=C(Oc1cccc(/C=C2\SC(=S)N(c3ccccc3)C2=O)c1)c1ccccc1Cl. The van der Waals surface area contributed by atoms with Gasteiger partial charge in [-0.05, 0) is 48.0 Å². The molecule has 30 heavy (non-hydrogen) atoms. The molecule has 1 aliphatic rings. The van der Waals surface area contributed by atoms with Crippen LogP contribution >= 0.6 is 35.6 Å². The van der Waals surface area contributed by atoms with Gasteiger partial charge in [-0.2, -0.15) is 0 Å². The molecule has 1 aliphatic heterocycles. The first-order chi connectivity index (χ1) is 14.5. The van der Waals surface area contributed by atoms with Gasteiger partial charge >= 0.3 is 5.97 Å². The van der Waals surface area contributed by atoms with Crippen LogP contribution in [0.5, 0.6) is 5.75 Å². The van der Waals surface area contributed by atoms with Crippen LogP contribution in [0.25, 0.3) is 6.08 Å². The summed E-state index contributed by atoms with van der Waals surface area (Å²) in [6, 6.07) is 22.9. The highest BCUT2D eigenvalue weighted by Crippen LogP contribution is 2.36. The summed E-state index contributed by atoms with van der Waals surface area (Å²) in [5, 5.41) is 0.322. The molecule has 0 atom stereocenters. The first-order valence-corrected chi connectivity index (χ1v) is 10.5. The van der Waals surface area contributed by atoms with E-state index in [0.717, 1.165) is 5.69 Å². The zero-order chi connectivity index (χ0) is 21.1. The summed E-state index contributed by atoms with van der Waals surface area (Å²) >= 11 is 12.7. The Kier molecular flexibility index (Phi) is 5.99. The lowest BCUT2D eigenvalue weighted by molar-refractivity contribution is -0.113. The maximum Gasteiger partial charge on any atom is 0.345 e. The number of hydrogen-bond donors (Lipinski definition) is 0. The first-order valence-electron chi connectivity index (χ1n) is 8.93. The molecule has 1 amide bonds. The maximum absolute atomic E-state index is 12.9. The van der Waals surface area contributed by atoms with E-state index in [1.807, 2.05) is 36.4 Å². The molecule has 4 rings (SSSR count). The van der Waals surface area contributed by atoms with Crippen molar-refractivity contribution in [3.05, 3.63) is 99.9 Å². The fourth-order valence-electron chi connectivity index (χ4n) is 2.88. The fourth-order valence-corrected chi connectivity index (χ4v) is 4.39. The largest absolute Gasteiger partial charge is 0.423 e. The number of para-hydroxylation sites is 1. The quantitative estimate of drug-likeness (QED) is 0.212. The molecule has 0 N–H and O–H groups in total. The molecule has 0 aliphatic carbocycles. The van der Waals surface area contributed by atoms with E-state index in [1.54, 1.807) is 48.5 Å². The average Bonchev–Trinajstić information content (AvgIpc) is 3.02. The van der Waals surface area contributed by atoms with Crippen LogP contribution in [-0.4, -0.2) is 16.2 Å². The Hall–Kier alpha value is -2.93. The number of ether oxygens (including phenoxy) is 1. The minimum atomic E-state index is -0.548. The highest BCUT2D eigenvalue weighted by molar-refractivity contribution is 8.27. The van der Waals surface area contributed by atoms with E-state index in [0.29, 0.717) is 25.6 Å². The van der Waals surface area contributed by atoms with E-state index in [4.69, 9.17) is 28.6 Å². The second-order valence-corrected chi connectivity index (χ2v) is 8.38. The second-order valence-electron chi connectivity index (χ2n) is 6.29. The van der Waals surface area contributed by atoms with Gasteiger partial charge in [0.25, 0.3) is 5.91 Å². The lowest BCUT2D eigenvalue weighted by Crippen LogP contribution is -2.27. The van der Waals surface area contributed by atoms with Crippen LogP contribution in [-0.2, 0) is 4.79 Å². The third-order valence-corrected chi connectivity index (χ3v) is 5.90. The van der Waals surface area contributed by atoms with Crippen LogP contribution < -0.4 is 9.64 Å². The van der Waals surface area contributed by atoms with Crippen molar-refractivity contribution < 1.29 is 14.3 Å². The Morgan fingerprint density at radius 1 is 1.00 bits per heavy atom. The Bertz CT molecular complexity index is 1180. The third-order valence-electron chi connectivity index (χ3n) is 4.27. The lowest BCUT2D eigenvalue weighted by atomic mass is 10.2. The van der Waals surface area contributed by atoms with Crippen molar-refractivity contribution in [2.75, 3.05) is 4.90 Å². The van der Waals surface area contributed by atoms with Gasteiger partial charge in [-0.1, -0.05) is 78.0 Å². The Balaban J connectivity index is 1.55. The number of benzene rings is 3. The molecule has 0 spiro atoms. The van der Waals surface area contributed by atoms with Gasteiger partial charge in [-0.25, -0.2) is 4.79 Å². The third kappa shape index (κ3) is 4.31. The van der Waals surface area contributed by atoms with Gasteiger partial charge in [-0.15, -0.1) is 0 Å². The predicted molar refractivity (Wildman–Crippen MR) is 125 cm³/mol. The van der Waals surface area contributed by atoms with E-state index in [-0.39, 0.29) is 11.5 Å². The number of hydrogen-bond acceptors (Lipinski definition) is 5. The molecule has 3 aromatic rings. The molecule has 1 saturated heterocycles. The molecule has 7 heteroatoms. The van der Waals surface area contributed by atoms with Crippen LogP contribution in [0.4, 0.5) is 5.69 Å². The summed E-state index contributed by atoms with van der Waals surface area (Å²) in [5.41, 5.74) is 1.73. The van der Waals surface area contributed by atoms with E-state index in [1.165, 1.54) is 16.7 Å². The van der Waals surface area contributed by atoms with E-state index in [9.17, 15) is 9.59 Å². The number of halogens is 1. The smallest absolute Gasteiger partial charge is 0.345 e. The first kappa shape index (κ1) is 20.3. The van der Waals surface area contributed by atoms with Crippen molar-refractivity contribution in [2.24, 2.45) is 0 Å². The second kappa shape index (κ2) is 8.83. The van der Waals surface area contributed by atoms with Gasteiger partial charge < -0.3 is 4.74 Å². The number of esters is 1. The number of carbonyl (C=O) groups is 2. The highest BCUT2D eigenvalue weighted by atomic mass is 35.5. The zero-order valence-electron chi connectivity index (χ0n) is 15.4. The summed E-state index contributed by atoms with van der Waals surface area (Å²) in [6.07, 6.45) is 1.73. The number of rotatable bonds is 4. The molecular formula is C23H14ClNO3S2. The molecule has 3 aromatic carbocycles. The summed E-state index contributed by atoms with van der Waals surface area (Å²) < 4.78 is 5.92. The lowest BCUT2D eigenvalue weighted by Gasteiger charge is -2.13. The molecule has 0 bridgehead atoms. The van der Waals surface area contributed by atoms with Crippen LogP contribution in [0.2, 0.25) is 5.02 Å². The summed E-state index contributed by atoms with van der Waals surface area (Å²) in [7, 11) is 0. The standard InChI is InChI=1S/C23H14ClNO3S2/c24-19-12-5-4-11-18(19)22(27)28-17-10-6-7-15(13-17)14-20-21(26)25(23(29)30-20)16-8-2-1-3-9-16/h1-14H/b20-14-. The molecule has 1 fully saturated rings. The van der Waals surface area contributed by atoms with Crippen molar-refractivity contribution in [3.8, 4) is 5.75 Å². The fraction of sp³-hybridized carbons (Fsp3) is 0. The minimum absolute atomic E-state index is 0.185. The molecule has 148 valence electrons. The Morgan fingerprint density at radius 3 is 2.50 bits per heavy atom. The summed E-state index contributed by atoms with van der Waals surface area (Å²) in [6.45, 7) is 0. The number of amides is 1. The number of carbonyl (C=O) groups excluding carboxylic acids is 2. The summed E-state index contributed by atoms with van der Waals surface area (Å²) in [5.74, 6) is -0.380.